The van der Waals surface area contributed by atoms with Crippen molar-refractivity contribution in [2.75, 3.05) is 4.90 Å². The Morgan fingerprint density at radius 1 is 0.426 bits per heavy atom. The van der Waals surface area contributed by atoms with Crippen molar-refractivity contribution in [3.8, 4) is 44.8 Å². The van der Waals surface area contributed by atoms with Crippen molar-refractivity contribution in [3.05, 3.63) is 194 Å². The molecule has 0 spiro atoms. The molecule has 10 aromatic rings. The molecule has 54 heavy (non-hydrogen) atoms. The van der Waals surface area contributed by atoms with Gasteiger partial charge >= 0.3 is 0 Å². The number of para-hydroxylation sites is 4. The number of hydrogen-bond donors (Lipinski definition) is 1. The van der Waals surface area contributed by atoms with Gasteiger partial charge in [0, 0.05) is 62.1 Å². The van der Waals surface area contributed by atoms with Crippen LogP contribution < -0.4 is 4.90 Å². The van der Waals surface area contributed by atoms with Gasteiger partial charge in [-0.25, -0.2) is 9.97 Å². The molecule has 0 saturated heterocycles. The van der Waals surface area contributed by atoms with Crippen molar-refractivity contribution in [1.29, 1.82) is 0 Å². The van der Waals surface area contributed by atoms with E-state index in [1.165, 1.54) is 10.8 Å². The molecule has 0 aliphatic heterocycles. The van der Waals surface area contributed by atoms with Crippen LogP contribution in [0.4, 0.5) is 17.2 Å². The first-order valence-electron chi connectivity index (χ1n) is 18.1. The highest BCUT2D eigenvalue weighted by atomic mass is 15.2. The molecule has 0 bridgehead atoms. The predicted octanol–water partition coefficient (Wildman–Crippen LogP) is 12.8. The Morgan fingerprint density at radius 3 is 2.00 bits per heavy atom. The van der Waals surface area contributed by atoms with Gasteiger partial charge in [-0.3, -0.25) is 9.88 Å². The lowest BCUT2D eigenvalue weighted by Crippen LogP contribution is -2.11. The number of fused-ring (bicyclic) bond motifs is 4. The average Bonchev–Trinajstić information content (AvgIpc) is 3.63. The van der Waals surface area contributed by atoms with Gasteiger partial charge < -0.3 is 4.98 Å². The topological polar surface area (TPSA) is 57.7 Å². The zero-order valence-electron chi connectivity index (χ0n) is 29.3. The number of hydrogen-bond acceptors (Lipinski definition) is 4. The van der Waals surface area contributed by atoms with Gasteiger partial charge in [-0.2, -0.15) is 0 Å². The maximum atomic E-state index is 5.51. The van der Waals surface area contributed by atoms with E-state index < -0.39 is 0 Å². The lowest BCUT2D eigenvalue weighted by molar-refractivity contribution is 1.18. The highest BCUT2D eigenvalue weighted by molar-refractivity contribution is 6.12. The summed E-state index contributed by atoms with van der Waals surface area (Å²) >= 11 is 0. The fourth-order valence-corrected chi connectivity index (χ4v) is 7.56. The molecule has 0 saturated carbocycles. The van der Waals surface area contributed by atoms with E-state index in [0.717, 1.165) is 83.9 Å². The zero-order chi connectivity index (χ0) is 35.8. The van der Waals surface area contributed by atoms with Gasteiger partial charge in [-0.1, -0.05) is 115 Å². The van der Waals surface area contributed by atoms with Crippen LogP contribution in [0.5, 0.6) is 0 Å². The molecule has 0 aliphatic carbocycles. The van der Waals surface area contributed by atoms with Crippen LogP contribution in [0.2, 0.25) is 0 Å². The third-order valence-corrected chi connectivity index (χ3v) is 10.1. The average molecular weight is 692 g/mol. The summed E-state index contributed by atoms with van der Waals surface area (Å²) in [7, 11) is 0. The number of aromatic amines is 1. The molecule has 0 aliphatic rings. The third kappa shape index (κ3) is 5.65. The molecule has 1 N–H and O–H groups in total. The maximum absolute atomic E-state index is 5.51. The Labute approximate surface area is 312 Å². The Balaban J connectivity index is 1.25. The summed E-state index contributed by atoms with van der Waals surface area (Å²) in [5.41, 5.74) is 13.2. The molecule has 4 heterocycles. The van der Waals surface area contributed by atoms with Gasteiger partial charge in [0.15, 0.2) is 0 Å². The summed E-state index contributed by atoms with van der Waals surface area (Å²) in [6.07, 6.45) is 3.71. The lowest BCUT2D eigenvalue weighted by Gasteiger charge is -2.25. The van der Waals surface area contributed by atoms with Crippen LogP contribution in [0.15, 0.2) is 194 Å². The minimum absolute atomic E-state index is 0.828. The Hall–Kier alpha value is -7.37. The first kappa shape index (κ1) is 31.4. The van der Waals surface area contributed by atoms with Crippen molar-refractivity contribution >= 4 is 49.9 Å². The monoisotopic (exact) mass is 691 g/mol. The summed E-state index contributed by atoms with van der Waals surface area (Å²) in [6, 6.07) is 63.5. The summed E-state index contributed by atoms with van der Waals surface area (Å²) < 4.78 is 0. The van der Waals surface area contributed by atoms with Gasteiger partial charge in [0.2, 0.25) is 0 Å². The summed E-state index contributed by atoms with van der Waals surface area (Å²) in [5, 5.41) is 3.46. The molecular formula is C49H33N5. The molecule has 254 valence electrons. The number of nitrogens with one attached hydrogen (secondary N) is 1. The largest absolute Gasteiger partial charge is 0.354 e. The van der Waals surface area contributed by atoms with Gasteiger partial charge in [0.1, 0.15) is 5.82 Å². The number of anilines is 3. The smallest absolute Gasteiger partial charge is 0.137 e. The predicted molar refractivity (Wildman–Crippen MR) is 223 cm³/mol. The molecule has 0 fully saturated rings. The minimum atomic E-state index is 0.828. The van der Waals surface area contributed by atoms with Gasteiger partial charge in [0.25, 0.3) is 0 Å². The molecule has 0 radical (unpaired) electrons. The van der Waals surface area contributed by atoms with Crippen molar-refractivity contribution in [1.82, 2.24) is 19.9 Å². The van der Waals surface area contributed by atoms with E-state index in [9.17, 15) is 0 Å². The summed E-state index contributed by atoms with van der Waals surface area (Å²) in [5.74, 6) is 0.828. The first-order chi connectivity index (χ1) is 26.8. The van der Waals surface area contributed by atoms with Crippen LogP contribution in [0.3, 0.4) is 0 Å². The molecule has 0 amide bonds. The molecule has 5 nitrogen and oxygen atoms in total. The van der Waals surface area contributed by atoms with E-state index in [-0.39, 0.29) is 0 Å². The SMILES string of the molecule is c1ccc(-c2cc(-c3cc(-c4cccc5cccnc45)cc(-c4cccc5c4[nH]c4ccccc45)n3)cc(N(c3ccccc3)c3ccccn3)c2)cc1. The molecular weight excluding hydrogens is 659 g/mol. The second-order valence-electron chi connectivity index (χ2n) is 13.4. The number of benzene rings is 6. The molecule has 5 heteroatoms. The molecule has 6 aromatic carbocycles. The van der Waals surface area contributed by atoms with E-state index in [1.807, 2.05) is 42.7 Å². The van der Waals surface area contributed by atoms with Crippen molar-refractivity contribution in [2.24, 2.45) is 0 Å². The summed E-state index contributed by atoms with van der Waals surface area (Å²) in [6.45, 7) is 0. The number of H-pyrrole nitrogens is 1. The Morgan fingerprint density at radius 2 is 1.13 bits per heavy atom. The third-order valence-electron chi connectivity index (χ3n) is 10.1. The van der Waals surface area contributed by atoms with E-state index in [2.05, 4.69) is 162 Å². The zero-order valence-corrected chi connectivity index (χ0v) is 29.3. The van der Waals surface area contributed by atoms with E-state index in [4.69, 9.17) is 15.0 Å². The standard InChI is InChI=1S/C49H33N5/c1-3-14-33(15-4-1)35-28-37(30-39(29-35)54(38-18-5-2-6-19-38)47-25-9-10-26-50-47)45-31-36(40-21-11-16-34-17-13-27-51-48(34)40)32-46(52-45)43-23-12-22-42-41-20-7-8-24-44(41)53-49(42)43/h1-32,53H. The number of pyridine rings is 3. The van der Waals surface area contributed by atoms with E-state index >= 15 is 0 Å². The second kappa shape index (κ2) is 13.3. The first-order valence-corrected chi connectivity index (χ1v) is 18.1. The molecule has 0 atom stereocenters. The Kier molecular flexibility index (Phi) is 7.73. The molecule has 10 rings (SSSR count). The normalized spacial score (nSPS) is 11.3. The van der Waals surface area contributed by atoms with Crippen LogP contribution in [-0.2, 0) is 0 Å². The number of aromatic nitrogens is 4. The highest BCUT2D eigenvalue weighted by Crippen LogP contribution is 2.41. The van der Waals surface area contributed by atoms with Gasteiger partial charge in [-0.15, -0.1) is 0 Å². The van der Waals surface area contributed by atoms with Gasteiger partial charge in [-0.05, 0) is 83.4 Å². The minimum Gasteiger partial charge on any atom is -0.354 e. The van der Waals surface area contributed by atoms with E-state index in [1.54, 1.807) is 0 Å². The Bertz CT molecular complexity index is 2890. The number of rotatable bonds is 7. The number of nitrogens with zero attached hydrogens (tertiary/aromatic N) is 4. The van der Waals surface area contributed by atoms with Crippen LogP contribution in [0, 0.1) is 0 Å². The highest BCUT2D eigenvalue weighted by Gasteiger charge is 2.19. The molecule has 4 aromatic heterocycles. The lowest BCUT2D eigenvalue weighted by atomic mass is 9.95. The van der Waals surface area contributed by atoms with Crippen LogP contribution in [0.25, 0.3) is 77.5 Å². The fraction of sp³-hybridized carbons (Fsp3) is 0. The van der Waals surface area contributed by atoms with Crippen LogP contribution in [0.1, 0.15) is 0 Å². The second-order valence-corrected chi connectivity index (χ2v) is 13.4. The quantitative estimate of drug-likeness (QED) is 0.181. The van der Waals surface area contributed by atoms with Crippen molar-refractivity contribution in [2.45, 2.75) is 0 Å². The van der Waals surface area contributed by atoms with Gasteiger partial charge in [0.05, 0.1) is 22.4 Å². The van der Waals surface area contributed by atoms with E-state index in [0.29, 0.717) is 0 Å². The fourth-order valence-electron chi connectivity index (χ4n) is 7.56. The van der Waals surface area contributed by atoms with Crippen LogP contribution >= 0.6 is 0 Å². The van der Waals surface area contributed by atoms with Crippen molar-refractivity contribution in [3.63, 3.8) is 0 Å². The van der Waals surface area contributed by atoms with Crippen LogP contribution in [-0.4, -0.2) is 19.9 Å². The maximum Gasteiger partial charge on any atom is 0.137 e. The summed E-state index contributed by atoms with van der Waals surface area (Å²) in [4.78, 5) is 21.1. The molecule has 0 unspecified atom stereocenters. The van der Waals surface area contributed by atoms with Crippen molar-refractivity contribution < 1.29 is 0 Å².